The van der Waals surface area contributed by atoms with Gasteiger partial charge in [0.15, 0.2) is 10.9 Å². The molecular formula is C23H22F4N4O2S. The van der Waals surface area contributed by atoms with Crippen LogP contribution in [0.1, 0.15) is 51.4 Å². The molecule has 2 heterocycles. The Morgan fingerprint density at radius 1 is 1.18 bits per heavy atom. The van der Waals surface area contributed by atoms with Crippen molar-refractivity contribution in [2.75, 3.05) is 16.9 Å². The van der Waals surface area contributed by atoms with Crippen LogP contribution in [0.2, 0.25) is 0 Å². The molecule has 180 valence electrons. The second-order valence-corrected chi connectivity index (χ2v) is 9.60. The van der Waals surface area contributed by atoms with E-state index in [1.54, 1.807) is 6.07 Å². The smallest absolute Gasteiger partial charge is 0.420 e. The summed E-state index contributed by atoms with van der Waals surface area (Å²) >= 11 is 5.46. The van der Waals surface area contributed by atoms with Gasteiger partial charge in [0.2, 0.25) is 0 Å². The predicted molar refractivity (Wildman–Crippen MR) is 122 cm³/mol. The number of hydrogen-bond acceptors (Lipinski definition) is 5. The standard InChI is InChI=1S/C23H22F4N4O2S/c1-21(2,3)16-9-15(33-6)14(11-29-16)31-20(34)30(19(32)22(31,4)5)13-8-7-12(10-28)17(18(13)24)23(25,26)27/h7-9,11H,1-6H3. The van der Waals surface area contributed by atoms with Crippen molar-refractivity contribution in [1.82, 2.24) is 4.98 Å². The lowest BCUT2D eigenvalue weighted by molar-refractivity contribution is -0.140. The molecule has 0 aliphatic carbocycles. The van der Waals surface area contributed by atoms with E-state index in [1.807, 2.05) is 20.8 Å². The van der Waals surface area contributed by atoms with Crippen LogP contribution in [0.5, 0.6) is 5.75 Å². The quantitative estimate of drug-likeness (QED) is 0.424. The first-order chi connectivity index (χ1) is 15.6. The highest BCUT2D eigenvalue weighted by Gasteiger charge is 2.52. The van der Waals surface area contributed by atoms with Gasteiger partial charge in [-0.05, 0) is 38.2 Å². The van der Waals surface area contributed by atoms with Crippen LogP contribution in [0, 0.1) is 17.1 Å². The number of nitrogens with zero attached hydrogens (tertiary/aromatic N) is 4. The fraction of sp³-hybridized carbons (Fsp3) is 0.391. The lowest BCUT2D eigenvalue weighted by atomic mass is 9.91. The maximum atomic E-state index is 15.1. The maximum Gasteiger partial charge on any atom is 0.420 e. The first kappa shape index (κ1) is 25.4. The monoisotopic (exact) mass is 494 g/mol. The van der Waals surface area contributed by atoms with E-state index in [1.165, 1.54) is 38.1 Å². The zero-order valence-corrected chi connectivity index (χ0v) is 20.2. The number of nitriles is 1. The second kappa shape index (κ2) is 8.20. The topological polar surface area (TPSA) is 69.5 Å². The number of ether oxygens (including phenoxy) is 1. The number of aromatic nitrogens is 1. The fourth-order valence-corrected chi connectivity index (χ4v) is 4.20. The number of amides is 1. The molecule has 1 saturated heterocycles. The van der Waals surface area contributed by atoms with Crippen LogP contribution in [0.25, 0.3) is 0 Å². The molecule has 6 nitrogen and oxygen atoms in total. The number of pyridine rings is 1. The molecule has 3 rings (SSSR count). The Kier molecular flexibility index (Phi) is 6.12. The molecule has 1 aromatic carbocycles. The molecule has 1 fully saturated rings. The summed E-state index contributed by atoms with van der Waals surface area (Å²) in [6, 6.07) is 4.77. The summed E-state index contributed by atoms with van der Waals surface area (Å²) in [6.45, 7) is 8.87. The van der Waals surface area contributed by atoms with Crippen LogP contribution in [0.3, 0.4) is 0 Å². The van der Waals surface area contributed by atoms with E-state index < -0.39 is 40.3 Å². The van der Waals surface area contributed by atoms with Gasteiger partial charge in [-0.3, -0.25) is 19.6 Å². The van der Waals surface area contributed by atoms with Crippen molar-refractivity contribution in [2.24, 2.45) is 0 Å². The van der Waals surface area contributed by atoms with E-state index in [0.29, 0.717) is 22.0 Å². The molecule has 0 atom stereocenters. The van der Waals surface area contributed by atoms with Crippen molar-refractivity contribution in [2.45, 2.75) is 51.7 Å². The number of anilines is 2. The molecule has 34 heavy (non-hydrogen) atoms. The summed E-state index contributed by atoms with van der Waals surface area (Å²) in [7, 11) is 1.42. The number of alkyl halides is 3. The molecule has 2 aromatic rings. The zero-order chi connectivity index (χ0) is 25.8. The highest BCUT2D eigenvalue weighted by atomic mass is 32.1. The fourth-order valence-electron chi connectivity index (χ4n) is 3.69. The largest absolute Gasteiger partial charge is 0.494 e. The van der Waals surface area contributed by atoms with E-state index >= 15 is 4.39 Å². The average Bonchev–Trinajstić information content (AvgIpc) is 2.89. The van der Waals surface area contributed by atoms with E-state index in [4.69, 9.17) is 22.2 Å². The Morgan fingerprint density at radius 2 is 1.79 bits per heavy atom. The maximum absolute atomic E-state index is 15.1. The van der Waals surface area contributed by atoms with Gasteiger partial charge in [-0.1, -0.05) is 20.8 Å². The summed E-state index contributed by atoms with van der Waals surface area (Å²) in [4.78, 5) is 19.9. The van der Waals surface area contributed by atoms with Gasteiger partial charge in [0, 0.05) is 17.2 Å². The Hall–Kier alpha value is -3.26. The second-order valence-electron chi connectivity index (χ2n) is 9.24. The normalized spacial score (nSPS) is 16.1. The lowest BCUT2D eigenvalue weighted by Gasteiger charge is -2.31. The minimum absolute atomic E-state index is 0.254. The van der Waals surface area contributed by atoms with E-state index in [2.05, 4.69) is 4.98 Å². The first-order valence-corrected chi connectivity index (χ1v) is 10.5. The third-order valence-electron chi connectivity index (χ3n) is 5.51. The van der Waals surface area contributed by atoms with Crippen LogP contribution in [0.4, 0.5) is 28.9 Å². The molecule has 0 spiro atoms. The molecule has 0 saturated carbocycles. The average molecular weight is 495 g/mol. The van der Waals surface area contributed by atoms with E-state index in [-0.39, 0.29) is 10.5 Å². The van der Waals surface area contributed by atoms with Crippen molar-refractivity contribution >= 4 is 34.6 Å². The number of halogens is 4. The van der Waals surface area contributed by atoms with Gasteiger partial charge in [0.25, 0.3) is 5.91 Å². The summed E-state index contributed by atoms with van der Waals surface area (Å²) in [6.07, 6.45) is -3.69. The molecule has 0 N–H and O–H groups in total. The summed E-state index contributed by atoms with van der Waals surface area (Å²) < 4.78 is 61.2. The van der Waals surface area contributed by atoms with E-state index in [9.17, 15) is 18.0 Å². The molecular weight excluding hydrogens is 472 g/mol. The molecule has 0 radical (unpaired) electrons. The lowest BCUT2D eigenvalue weighted by Crippen LogP contribution is -2.44. The van der Waals surface area contributed by atoms with Crippen LogP contribution >= 0.6 is 12.2 Å². The van der Waals surface area contributed by atoms with Crippen molar-refractivity contribution in [3.8, 4) is 11.8 Å². The van der Waals surface area contributed by atoms with Crippen molar-refractivity contribution < 1.29 is 27.1 Å². The number of carbonyl (C=O) groups is 1. The van der Waals surface area contributed by atoms with Crippen molar-refractivity contribution in [1.29, 1.82) is 5.26 Å². The number of hydrogen-bond donors (Lipinski definition) is 0. The number of carbonyl (C=O) groups excluding carboxylic acids is 1. The van der Waals surface area contributed by atoms with Gasteiger partial charge < -0.3 is 4.74 Å². The number of methoxy groups -OCH3 is 1. The van der Waals surface area contributed by atoms with Gasteiger partial charge in [-0.2, -0.15) is 18.4 Å². The van der Waals surface area contributed by atoms with Crippen LogP contribution in [-0.2, 0) is 16.4 Å². The van der Waals surface area contributed by atoms with Crippen LogP contribution in [-0.4, -0.2) is 28.7 Å². The summed E-state index contributed by atoms with van der Waals surface area (Å²) in [5.74, 6) is -2.18. The Balaban J connectivity index is 2.20. The molecule has 1 aliphatic heterocycles. The molecule has 1 aromatic heterocycles. The van der Waals surface area contributed by atoms with Gasteiger partial charge in [0.05, 0.1) is 30.6 Å². The zero-order valence-electron chi connectivity index (χ0n) is 19.3. The van der Waals surface area contributed by atoms with Gasteiger partial charge in [-0.25, -0.2) is 4.39 Å². The predicted octanol–water partition coefficient (Wildman–Crippen LogP) is 5.33. The molecule has 1 aliphatic rings. The van der Waals surface area contributed by atoms with Crippen molar-refractivity contribution in [3.63, 3.8) is 0 Å². The van der Waals surface area contributed by atoms with Crippen molar-refractivity contribution in [3.05, 3.63) is 47.0 Å². The number of thiocarbonyl (C=S) groups is 1. The number of rotatable bonds is 3. The third-order valence-corrected chi connectivity index (χ3v) is 5.88. The minimum atomic E-state index is -5.15. The molecule has 11 heteroatoms. The highest BCUT2D eigenvalue weighted by Crippen LogP contribution is 2.44. The Labute approximate surface area is 199 Å². The molecule has 0 unspecified atom stereocenters. The van der Waals surface area contributed by atoms with Gasteiger partial charge in [-0.15, -0.1) is 0 Å². The Morgan fingerprint density at radius 3 is 2.29 bits per heavy atom. The molecule has 1 amide bonds. The minimum Gasteiger partial charge on any atom is -0.494 e. The van der Waals surface area contributed by atoms with E-state index in [0.717, 1.165) is 12.1 Å². The number of benzene rings is 1. The molecule has 0 bridgehead atoms. The van der Waals surface area contributed by atoms with Gasteiger partial charge >= 0.3 is 6.18 Å². The SMILES string of the molecule is COc1cc(C(C)(C)C)ncc1N1C(=S)N(c2ccc(C#N)c(C(F)(F)F)c2F)C(=O)C1(C)C. The van der Waals surface area contributed by atoms with Gasteiger partial charge in [0.1, 0.15) is 22.5 Å². The van der Waals surface area contributed by atoms with Crippen LogP contribution < -0.4 is 14.5 Å². The summed E-state index contributed by atoms with van der Waals surface area (Å²) in [5, 5.41) is 8.77. The Bertz CT molecular complexity index is 1230. The van der Waals surface area contributed by atoms with Crippen LogP contribution in [0.15, 0.2) is 24.4 Å². The summed E-state index contributed by atoms with van der Waals surface area (Å²) in [5.41, 5.74) is -4.07. The highest BCUT2D eigenvalue weighted by molar-refractivity contribution is 7.81. The third kappa shape index (κ3) is 3.96. The first-order valence-electron chi connectivity index (χ1n) is 10.1.